The number of phenolic OH excluding ortho intramolecular Hbond substituents is 1. The average molecular weight is 853 g/mol. The number of methoxy groups -OCH3 is 1. The summed E-state index contributed by atoms with van der Waals surface area (Å²) in [5, 5.41) is 20.1. The summed E-state index contributed by atoms with van der Waals surface area (Å²) in [7, 11) is 3.32. The number of piperazine rings is 1. The number of nitrogens with zero attached hydrogens (tertiary/aromatic N) is 5. The van der Waals surface area contributed by atoms with Crippen LogP contribution in [0.4, 0.5) is 4.79 Å². The van der Waals surface area contributed by atoms with Crippen LogP contribution in [0.15, 0.2) is 54.9 Å². The summed E-state index contributed by atoms with van der Waals surface area (Å²) in [6, 6.07) is 11.5. The number of ether oxygens (including phenoxy) is 2. The number of pyridine rings is 1. The Labute approximate surface area is 365 Å². The van der Waals surface area contributed by atoms with Gasteiger partial charge in [-0.3, -0.25) is 24.4 Å². The number of urea groups is 1. The number of aromatic hydroxyl groups is 1. The van der Waals surface area contributed by atoms with Crippen LogP contribution in [0.3, 0.4) is 0 Å². The molecule has 2 aliphatic rings. The molecule has 2 aromatic heterocycles. The van der Waals surface area contributed by atoms with Gasteiger partial charge in [0.2, 0.25) is 5.91 Å². The first-order valence-corrected chi connectivity index (χ1v) is 21.8. The Morgan fingerprint density at radius 2 is 1.81 bits per heavy atom. The number of aromatic nitrogens is 2. The standard InChI is InChI=1S/C47H64N8O7/c1-8-54-41-12-11-33(25-37(41)38(26-47(4,5)29-62-30-56)43(54)39-27-49-15-13-34(39)28-61-7)35-21-32(22-36(57)24-35)23-40(45(59)55-18-10-9-14-50-55)51-44(58)42(31(2)3)52(6)46(60)53-19-16-48-17-20-53/h11-13,15,21-22,24-25,27,30-31,40,42,48,50,57H,8-10,14,16-20,23,26,28-29H2,1-7H3,(H,51,58)/t40-,42-/m0/s1. The fourth-order valence-corrected chi connectivity index (χ4v) is 8.97. The number of fused-ring (bicyclic) bond motifs is 1. The molecule has 0 aliphatic carbocycles. The number of rotatable bonds is 17. The first-order chi connectivity index (χ1) is 29.8. The maximum absolute atomic E-state index is 14.3. The predicted molar refractivity (Wildman–Crippen MR) is 239 cm³/mol. The zero-order valence-corrected chi connectivity index (χ0v) is 37.3. The lowest BCUT2D eigenvalue weighted by atomic mass is 9.84. The van der Waals surface area contributed by atoms with E-state index in [2.05, 4.69) is 58.5 Å². The number of phenols is 1. The monoisotopic (exact) mass is 852 g/mol. The number of benzene rings is 2. The highest BCUT2D eigenvalue weighted by Crippen LogP contribution is 2.41. The molecule has 0 radical (unpaired) electrons. The maximum atomic E-state index is 14.3. The quantitative estimate of drug-likeness (QED) is 0.105. The molecule has 4 aromatic rings. The lowest BCUT2D eigenvalue weighted by Crippen LogP contribution is -2.61. The average Bonchev–Trinajstić information content (AvgIpc) is 3.56. The highest BCUT2D eigenvalue weighted by atomic mass is 16.5. The zero-order chi connectivity index (χ0) is 44.6. The molecule has 0 unspecified atom stereocenters. The van der Waals surface area contributed by atoms with Crippen molar-refractivity contribution in [1.82, 2.24) is 40.4 Å². The van der Waals surface area contributed by atoms with Crippen molar-refractivity contribution in [2.45, 2.75) is 85.5 Å². The van der Waals surface area contributed by atoms with E-state index in [9.17, 15) is 24.3 Å². The van der Waals surface area contributed by atoms with Crippen molar-refractivity contribution in [3.8, 4) is 28.1 Å². The topological polar surface area (TPSA) is 171 Å². The molecule has 0 bridgehead atoms. The van der Waals surface area contributed by atoms with Crippen LogP contribution in [0.5, 0.6) is 5.75 Å². The summed E-state index contributed by atoms with van der Waals surface area (Å²) in [4.78, 5) is 61.2. The van der Waals surface area contributed by atoms with Gasteiger partial charge >= 0.3 is 6.03 Å². The minimum absolute atomic E-state index is 0.0198. The summed E-state index contributed by atoms with van der Waals surface area (Å²) in [6.07, 6.45) is 6.07. The van der Waals surface area contributed by atoms with Crippen molar-refractivity contribution in [2.24, 2.45) is 11.3 Å². The summed E-state index contributed by atoms with van der Waals surface area (Å²) < 4.78 is 13.2. The van der Waals surface area contributed by atoms with E-state index in [4.69, 9.17) is 9.47 Å². The minimum atomic E-state index is -0.987. The summed E-state index contributed by atoms with van der Waals surface area (Å²) in [6.45, 7) is 15.4. The molecule has 2 atom stereocenters. The number of likely N-dealkylation sites (N-methyl/N-ethyl adjacent to an activating group) is 1. The molecule has 2 fully saturated rings. The first kappa shape index (κ1) is 46.0. The summed E-state index contributed by atoms with van der Waals surface area (Å²) in [5.41, 5.74) is 10.1. The van der Waals surface area contributed by atoms with Gasteiger partial charge in [-0.05, 0) is 90.3 Å². The molecular formula is C47H64N8O7. The molecule has 0 spiro atoms. The third-order valence-corrected chi connectivity index (χ3v) is 11.9. The number of hydrogen-bond acceptors (Lipinski definition) is 10. The molecule has 4 N–H and O–H groups in total. The van der Waals surface area contributed by atoms with E-state index < -0.39 is 23.4 Å². The van der Waals surface area contributed by atoms with Gasteiger partial charge in [0.15, 0.2) is 0 Å². The minimum Gasteiger partial charge on any atom is -0.508 e. The van der Waals surface area contributed by atoms with Crippen LogP contribution in [0, 0.1) is 11.3 Å². The van der Waals surface area contributed by atoms with Gasteiger partial charge in [-0.2, -0.15) is 0 Å². The summed E-state index contributed by atoms with van der Waals surface area (Å²) in [5.74, 6) is -0.921. The molecule has 2 saturated heterocycles. The molecule has 0 saturated carbocycles. The fourth-order valence-electron chi connectivity index (χ4n) is 8.97. The normalized spacial score (nSPS) is 15.7. The SMILES string of the molecule is CCn1c(-c2cnccc2COC)c(CC(C)(C)COC=O)c2cc(-c3cc(O)cc(C[C@H](NC(=O)[C@H](C(C)C)N(C)C(=O)N4CCNCC4)C(=O)N4CCCCN4)c3)ccc21. The molecule has 334 valence electrons. The maximum Gasteiger partial charge on any atom is 0.320 e. The molecule has 2 aliphatic heterocycles. The second-order valence-electron chi connectivity index (χ2n) is 17.6. The number of carbonyl (C=O) groups excluding carboxylic acids is 4. The molecular weight excluding hydrogens is 789 g/mol. The van der Waals surface area contributed by atoms with Gasteiger partial charge in [0.1, 0.15) is 17.8 Å². The van der Waals surface area contributed by atoms with Gasteiger partial charge in [-0.15, -0.1) is 0 Å². The Hall–Kier alpha value is -5.51. The Balaban J connectivity index is 1.39. The highest BCUT2D eigenvalue weighted by Gasteiger charge is 2.36. The third-order valence-electron chi connectivity index (χ3n) is 11.9. The Morgan fingerprint density at radius 3 is 2.48 bits per heavy atom. The molecule has 4 heterocycles. The van der Waals surface area contributed by atoms with Crippen LogP contribution in [0.1, 0.15) is 64.2 Å². The number of carbonyl (C=O) groups is 4. The van der Waals surface area contributed by atoms with E-state index in [1.807, 2.05) is 38.2 Å². The number of amides is 4. The van der Waals surface area contributed by atoms with Crippen molar-refractivity contribution >= 4 is 35.2 Å². The van der Waals surface area contributed by atoms with Gasteiger partial charge in [0.05, 0.1) is 18.9 Å². The van der Waals surface area contributed by atoms with Crippen molar-refractivity contribution in [3.05, 3.63) is 71.5 Å². The molecule has 62 heavy (non-hydrogen) atoms. The molecule has 15 nitrogen and oxygen atoms in total. The highest BCUT2D eigenvalue weighted by molar-refractivity contribution is 5.96. The van der Waals surface area contributed by atoms with Crippen LogP contribution < -0.4 is 16.1 Å². The number of nitrogens with one attached hydrogen (secondary N) is 3. The van der Waals surface area contributed by atoms with Gasteiger partial charge in [-0.25, -0.2) is 10.2 Å². The van der Waals surface area contributed by atoms with Gasteiger partial charge < -0.3 is 39.6 Å². The van der Waals surface area contributed by atoms with E-state index in [-0.39, 0.29) is 36.6 Å². The van der Waals surface area contributed by atoms with E-state index in [0.29, 0.717) is 70.9 Å². The van der Waals surface area contributed by atoms with Crippen LogP contribution >= 0.6 is 0 Å². The van der Waals surface area contributed by atoms with Crippen molar-refractivity contribution in [1.29, 1.82) is 0 Å². The Morgan fingerprint density at radius 1 is 1.03 bits per heavy atom. The molecule has 15 heteroatoms. The summed E-state index contributed by atoms with van der Waals surface area (Å²) >= 11 is 0. The second-order valence-corrected chi connectivity index (χ2v) is 17.6. The van der Waals surface area contributed by atoms with E-state index in [1.165, 1.54) is 4.90 Å². The lowest BCUT2D eigenvalue weighted by molar-refractivity contribution is -0.141. The largest absolute Gasteiger partial charge is 0.508 e. The van der Waals surface area contributed by atoms with Gasteiger partial charge in [0, 0.05) is 101 Å². The van der Waals surface area contributed by atoms with Crippen LogP contribution in [0.2, 0.25) is 0 Å². The van der Waals surface area contributed by atoms with E-state index in [0.717, 1.165) is 57.3 Å². The first-order valence-electron chi connectivity index (χ1n) is 21.8. The fraction of sp³-hybridized carbons (Fsp3) is 0.511. The van der Waals surface area contributed by atoms with Crippen molar-refractivity contribution < 1.29 is 33.8 Å². The van der Waals surface area contributed by atoms with E-state index in [1.54, 1.807) is 42.4 Å². The second kappa shape index (κ2) is 20.6. The molecule has 6 rings (SSSR count). The molecule has 2 aromatic carbocycles. The molecule has 4 amide bonds. The van der Waals surface area contributed by atoms with Gasteiger partial charge in [-0.1, -0.05) is 39.8 Å². The Bertz CT molecular complexity index is 2210. The third kappa shape index (κ3) is 10.6. The van der Waals surface area contributed by atoms with Crippen molar-refractivity contribution in [2.75, 3.05) is 60.0 Å². The Kier molecular flexibility index (Phi) is 15.3. The van der Waals surface area contributed by atoms with Crippen LogP contribution in [-0.4, -0.2) is 126 Å². The lowest BCUT2D eigenvalue weighted by Gasteiger charge is -2.37. The number of aryl methyl sites for hydroxylation is 1. The number of hydrogen-bond donors (Lipinski definition) is 4. The van der Waals surface area contributed by atoms with Crippen molar-refractivity contribution in [3.63, 3.8) is 0 Å². The van der Waals surface area contributed by atoms with E-state index >= 15 is 0 Å². The smallest absolute Gasteiger partial charge is 0.320 e. The zero-order valence-electron chi connectivity index (χ0n) is 37.3. The predicted octanol–water partition coefficient (Wildman–Crippen LogP) is 5.12. The number of hydrazine groups is 1. The van der Waals surface area contributed by atoms with Crippen LogP contribution in [0.25, 0.3) is 33.3 Å². The van der Waals surface area contributed by atoms with Gasteiger partial charge in [0.25, 0.3) is 12.4 Å². The van der Waals surface area contributed by atoms with Crippen LogP contribution in [-0.2, 0) is 49.9 Å².